The third kappa shape index (κ3) is 3.55. The first-order valence-corrected chi connectivity index (χ1v) is 2.76. The Kier molecular flexibility index (Phi) is 6.46. The molecule has 0 unspecified atom stereocenters. The quantitative estimate of drug-likeness (QED) is 0.740. The summed E-state index contributed by atoms with van der Waals surface area (Å²) < 4.78 is 4.74. The highest BCUT2D eigenvalue weighted by Gasteiger charge is 2.05. The van der Waals surface area contributed by atoms with E-state index in [1.54, 1.807) is 13.8 Å². The molecular weight excluding hydrogens is 189 g/mol. The normalized spacial score (nSPS) is 11.2. The van der Waals surface area contributed by atoms with Crippen molar-refractivity contribution in [3.8, 4) is 0 Å². The summed E-state index contributed by atoms with van der Waals surface area (Å²) in [6, 6.07) is -0.161. The van der Waals surface area contributed by atoms with E-state index in [9.17, 15) is 0 Å². The molecule has 1 heterocycles. The second-order valence-corrected chi connectivity index (χ2v) is 1.97. The predicted octanol–water partition coefficient (Wildman–Crippen LogP) is 1.24. The molecule has 0 spiro atoms. The van der Waals surface area contributed by atoms with Crippen molar-refractivity contribution >= 4 is 24.8 Å². The first kappa shape index (κ1) is 13.3. The first-order chi connectivity index (χ1) is 4.20. The van der Waals surface area contributed by atoms with E-state index in [0.29, 0.717) is 11.7 Å². The van der Waals surface area contributed by atoms with E-state index in [1.165, 1.54) is 0 Å². The van der Waals surface area contributed by atoms with Crippen LogP contribution in [0.5, 0.6) is 0 Å². The molecule has 0 saturated heterocycles. The predicted molar refractivity (Wildman–Crippen MR) is 46.1 cm³/mol. The van der Waals surface area contributed by atoms with E-state index in [0.717, 1.165) is 0 Å². The smallest absolute Gasteiger partial charge is 0.243 e. The molecule has 2 N–H and O–H groups in total. The second-order valence-electron chi connectivity index (χ2n) is 1.97. The van der Waals surface area contributed by atoms with Gasteiger partial charge < -0.3 is 10.3 Å². The standard InChI is InChI=1S/C5H9N3O.2ClH/c1-3(6)5-7-4(2)8-9-5;;/h3H,6H2,1-2H3;2*1H/t3-;;/m0../s1. The summed E-state index contributed by atoms with van der Waals surface area (Å²) in [5.74, 6) is 1.12. The van der Waals surface area contributed by atoms with Gasteiger partial charge in [-0.05, 0) is 13.8 Å². The van der Waals surface area contributed by atoms with E-state index in [2.05, 4.69) is 10.1 Å². The molecule has 0 radical (unpaired) electrons. The zero-order valence-corrected chi connectivity index (χ0v) is 7.91. The van der Waals surface area contributed by atoms with Gasteiger partial charge in [-0.3, -0.25) is 0 Å². The number of hydrogen-bond donors (Lipinski definition) is 1. The maximum Gasteiger partial charge on any atom is 0.243 e. The van der Waals surface area contributed by atoms with Crippen LogP contribution in [0.3, 0.4) is 0 Å². The molecule has 0 aliphatic carbocycles. The number of nitrogens with two attached hydrogens (primary N) is 1. The Morgan fingerprint density at radius 2 is 2.00 bits per heavy atom. The maximum atomic E-state index is 5.43. The average molecular weight is 200 g/mol. The maximum absolute atomic E-state index is 5.43. The SMILES string of the molecule is Cc1noc([C@H](C)N)n1.Cl.Cl. The van der Waals surface area contributed by atoms with Crippen LogP contribution in [-0.2, 0) is 0 Å². The molecule has 1 atom stereocenters. The van der Waals surface area contributed by atoms with Gasteiger partial charge in [0.2, 0.25) is 5.89 Å². The molecular formula is C5H11Cl2N3O. The number of rotatable bonds is 1. The van der Waals surface area contributed by atoms with Crippen molar-refractivity contribution in [2.75, 3.05) is 0 Å². The lowest BCUT2D eigenvalue weighted by atomic mass is 10.4. The lowest BCUT2D eigenvalue weighted by Crippen LogP contribution is -2.04. The molecule has 0 fully saturated rings. The van der Waals surface area contributed by atoms with E-state index < -0.39 is 0 Å². The molecule has 66 valence electrons. The zero-order valence-electron chi connectivity index (χ0n) is 6.27. The first-order valence-electron chi connectivity index (χ1n) is 2.76. The van der Waals surface area contributed by atoms with Gasteiger partial charge in [0.05, 0.1) is 6.04 Å². The molecule has 1 rings (SSSR count). The highest BCUT2D eigenvalue weighted by molar-refractivity contribution is 5.85. The minimum absolute atomic E-state index is 0. The van der Waals surface area contributed by atoms with Crippen molar-refractivity contribution in [2.45, 2.75) is 19.9 Å². The van der Waals surface area contributed by atoms with E-state index in [1.807, 2.05) is 0 Å². The zero-order chi connectivity index (χ0) is 6.85. The molecule has 0 amide bonds. The van der Waals surface area contributed by atoms with Crippen LogP contribution in [0.15, 0.2) is 4.52 Å². The largest absolute Gasteiger partial charge is 0.338 e. The fourth-order valence-corrected chi connectivity index (χ4v) is 0.498. The summed E-state index contributed by atoms with van der Waals surface area (Å²) in [5, 5.41) is 3.57. The van der Waals surface area contributed by atoms with Crippen LogP contribution in [0.2, 0.25) is 0 Å². The topological polar surface area (TPSA) is 64.9 Å². The molecule has 1 aromatic heterocycles. The Morgan fingerprint density at radius 1 is 1.45 bits per heavy atom. The average Bonchev–Trinajstić information content (AvgIpc) is 2.14. The fraction of sp³-hybridized carbons (Fsp3) is 0.600. The van der Waals surface area contributed by atoms with Gasteiger partial charge in [-0.15, -0.1) is 24.8 Å². The highest BCUT2D eigenvalue weighted by atomic mass is 35.5. The van der Waals surface area contributed by atoms with Crippen molar-refractivity contribution in [2.24, 2.45) is 5.73 Å². The third-order valence-corrected chi connectivity index (χ3v) is 0.933. The van der Waals surface area contributed by atoms with E-state index in [-0.39, 0.29) is 30.9 Å². The van der Waals surface area contributed by atoms with Crippen molar-refractivity contribution in [3.05, 3.63) is 11.7 Å². The number of halogens is 2. The van der Waals surface area contributed by atoms with Crippen LogP contribution in [0.4, 0.5) is 0 Å². The molecule has 1 aromatic rings. The summed E-state index contributed by atoms with van der Waals surface area (Å²) in [4.78, 5) is 3.91. The van der Waals surface area contributed by atoms with Gasteiger partial charge in [-0.2, -0.15) is 4.98 Å². The van der Waals surface area contributed by atoms with Crippen molar-refractivity contribution in [3.63, 3.8) is 0 Å². The van der Waals surface area contributed by atoms with Gasteiger partial charge in [0.1, 0.15) is 0 Å². The Labute approximate surface area is 77.4 Å². The van der Waals surface area contributed by atoms with E-state index in [4.69, 9.17) is 10.3 Å². The van der Waals surface area contributed by atoms with E-state index >= 15 is 0 Å². The molecule has 6 heteroatoms. The Bertz CT molecular complexity index is 201. The Hall–Kier alpha value is -0.320. The fourth-order valence-electron chi connectivity index (χ4n) is 0.498. The molecule has 0 aliphatic heterocycles. The molecule has 0 bridgehead atoms. The van der Waals surface area contributed by atoms with Crippen LogP contribution < -0.4 is 5.73 Å². The number of nitrogens with zero attached hydrogens (tertiary/aromatic N) is 2. The number of hydrogen-bond acceptors (Lipinski definition) is 4. The van der Waals surface area contributed by atoms with Gasteiger partial charge in [-0.25, -0.2) is 0 Å². The Balaban J connectivity index is 0. The Morgan fingerprint density at radius 3 is 2.18 bits per heavy atom. The van der Waals surface area contributed by atoms with Gasteiger partial charge in [-0.1, -0.05) is 5.16 Å². The number of aromatic nitrogens is 2. The minimum Gasteiger partial charge on any atom is -0.338 e. The van der Waals surface area contributed by atoms with Crippen molar-refractivity contribution in [1.29, 1.82) is 0 Å². The lowest BCUT2D eigenvalue weighted by molar-refractivity contribution is 0.358. The second kappa shape index (κ2) is 5.35. The highest BCUT2D eigenvalue weighted by Crippen LogP contribution is 2.03. The summed E-state index contributed by atoms with van der Waals surface area (Å²) >= 11 is 0. The lowest BCUT2D eigenvalue weighted by Gasteiger charge is -1.91. The summed E-state index contributed by atoms with van der Waals surface area (Å²) in [6.45, 7) is 3.56. The monoisotopic (exact) mass is 199 g/mol. The van der Waals surface area contributed by atoms with Gasteiger partial charge >= 0.3 is 0 Å². The van der Waals surface area contributed by atoms with Crippen LogP contribution >= 0.6 is 24.8 Å². The molecule has 0 aromatic carbocycles. The van der Waals surface area contributed by atoms with Crippen molar-refractivity contribution < 1.29 is 4.52 Å². The summed E-state index contributed by atoms with van der Waals surface area (Å²) in [7, 11) is 0. The minimum atomic E-state index is -0.161. The summed E-state index contributed by atoms with van der Waals surface area (Å²) in [5.41, 5.74) is 5.43. The molecule has 0 aliphatic rings. The van der Waals surface area contributed by atoms with Crippen LogP contribution in [0.25, 0.3) is 0 Å². The number of aryl methyl sites for hydroxylation is 1. The van der Waals surface area contributed by atoms with Gasteiger partial charge in [0, 0.05) is 0 Å². The van der Waals surface area contributed by atoms with Gasteiger partial charge in [0.25, 0.3) is 0 Å². The van der Waals surface area contributed by atoms with Crippen LogP contribution in [-0.4, -0.2) is 10.1 Å². The van der Waals surface area contributed by atoms with Gasteiger partial charge in [0.15, 0.2) is 5.82 Å². The third-order valence-electron chi connectivity index (χ3n) is 0.933. The molecule has 0 saturated carbocycles. The molecule has 4 nitrogen and oxygen atoms in total. The summed E-state index contributed by atoms with van der Waals surface area (Å²) in [6.07, 6.45) is 0. The van der Waals surface area contributed by atoms with Crippen LogP contribution in [0, 0.1) is 6.92 Å². The van der Waals surface area contributed by atoms with Crippen LogP contribution in [0.1, 0.15) is 24.7 Å². The molecule has 11 heavy (non-hydrogen) atoms. The van der Waals surface area contributed by atoms with Crippen molar-refractivity contribution in [1.82, 2.24) is 10.1 Å².